The maximum absolute atomic E-state index is 11.3. The molecule has 0 aliphatic rings. The summed E-state index contributed by atoms with van der Waals surface area (Å²) in [6.07, 6.45) is 0. The van der Waals surface area contributed by atoms with Gasteiger partial charge in [0, 0.05) is 0 Å². The van der Waals surface area contributed by atoms with Gasteiger partial charge in [0.15, 0.2) is 5.60 Å². The Hall–Kier alpha value is -1.35. The van der Waals surface area contributed by atoms with Crippen LogP contribution < -0.4 is 0 Å². The maximum Gasteiger partial charge on any atom is 0.340 e. The first-order valence-corrected chi connectivity index (χ1v) is 6.88. The Morgan fingerprint density at radius 2 is 1.10 bits per heavy atom. The van der Waals surface area contributed by atoms with Gasteiger partial charge in [-0.05, 0) is 34.4 Å². The third kappa shape index (κ3) is 3.40. The Bertz CT molecular complexity index is 482. The van der Waals surface area contributed by atoms with Crippen LogP contribution in [0.2, 0.25) is 0 Å². The highest BCUT2D eigenvalue weighted by Gasteiger charge is 2.34. The molecule has 0 bridgehead atoms. The van der Waals surface area contributed by atoms with E-state index >= 15 is 0 Å². The molecule has 0 saturated carbocycles. The monoisotopic (exact) mass is 278 g/mol. The zero-order valence-corrected chi connectivity index (χ0v) is 13.5. The molecule has 112 valence electrons. The van der Waals surface area contributed by atoms with Gasteiger partial charge >= 0.3 is 5.97 Å². The standard InChI is InChI=1S/C17H26O3/c1-15(2,3)11-8-12(16(4,5)6)10-13(9-11)17(7,20)14(18)19/h8-10,20H,1-7H3,(H,18,19). The quantitative estimate of drug-likeness (QED) is 0.869. The minimum absolute atomic E-state index is 0.107. The number of hydrogen-bond acceptors (Lipinski definition) is 2. The van der Waals surface area contributed by atoms with Crippen molar-refractivity contribution >= 4 is 5.97 Å². The van der Waals surface area contributed by atoms with Crippen molar-refractivity contribution in [1.29, 1.82) is 0 Å². The van der Waals surface area contributed by atoms with Gasteiger partial charge in [-0.15, -0.1) is 0 Å². The average Bonchev–Trinajstić information content (AvgIpc) is 2.25. The van der Waals surface area contributed by atoms with E-state index in [4.69, 9.17) is 0 Å². The number of carboxylic acids is 1. The van der Waals surface area contributed by atoms with Crippen LogP contribution in [-0.2, 0) is 21.2 Å². The molecule has 3 heteroatoms. The molecule has 0 radical (unpaired) electrons. The lowest BCUT2D eigenvalue weighted by molar-refractivity contribution is -0.157. The van der Waals surface area contributed by atoms with Gasteiger partial charge in [-0.25, -0.2) is 4.79 Å². The number of carbonyl (C=O) groups is 1. The second-order valence-electron chi connectivity index (χ2n) is 7.68. The van der Waals surface area contributed by atoms with Gasteiger partial charge < -0.3 is 10.2 Å². The Balaban J connectivity index is 3.59. The maximum atomic E-state index is 11.3. The Labute approximate surface area is 121 Å². The normalized spacial score (nSPS) is 15.8. The van der Waals surface area contributed by atoms with Crippen molar-refractivity contribution in [2.24, 2.45) is 0 Å². The predicted octanol–water partition coefficient (Wildman–Crippen LogP) is 3.57. The van der Waals surface area contributed by atoms with Crippen molar-refractivity contribution in [3.8, 4) is 0 Å². The van der Waals surface area contributed by atoms with Gasteiger partial charge in [-0.2, -0.15) is 0 Å². The second kappa shape index (κ2) is 4.88. The van der Waals surface area contributed by atoms with E-state index in [2.05, 4.69) is 47.6 Å². The van der Waals surface area contributed by atoms with E-state index in [-0.39, 0.29) is 10.8 Å². The molecule has 1 aromatic carbocycles. The van der Waals surface area contributed by atoms with Crippen molar-refractivity contribution in [2.75, 3.05) is 0 Å². The molecule has 2 N–H and O–H groups in total. The van der Waals surface area contributed by atoms with Crippen LogP contribution in [0.15, 0.2) is 18.2 Å². The first-order chi connectivity index (χ1) is 8.76. The van der Waals surface area contributed by atoms with E-state index in [0.29, 0.717) is 5.56 Å². The van der Waals surface area contributed by atoms with Crippen molar-refractivity contribution < 1.29 is 15.0 Å². The SMILES string of the molecule is CC(C)(C)c1cc(C(C)(C)C)cc(C(C)(O)C(=O)O)c1. The smallest absolute Gasteiger partial charge is 0.340 e. The fourth-order valence-electron chi connectivity index (χ4n) is 1.90. The van der Waals surface area contributed by atoms with Crippen LogP contribution in [0.3, 0.4) is 0 Å². The molecular formula is C17H26O3. The molecule has 0 heterocycles. The molecule has 1 atom stereocenters. The largest absolute Gasteiger partial charge is 0.479 e. The number of aliphatic hydroxyl groups is 1. The second-order valence-corrected chi connectivity index (χ2v) is 7.68. The van der Waals surface area contributed by atoms with Gasteiger partial charge in [0.2, 0.25) is 0 Å². The highest BCUT2D eigenvalue weighted by Crippen LogP contribution is 2.33. The molecule has 0 saturated heterocycles. The van der Waals surface area contributed by atoms with E-state index in [1.165, 1.54) is 6.92 Å². The van der Waals surface area contributed by atoms with Crippen molar-refractivity contribution in [1.82, 2.24) is 0 Å². The summed E-state index contributed by atoms with van der Waals surface area (Å²) in [4.78, 5) is 11.3. The van der Waals surface area contributed by atoms with E-state index in [1.54, 1.807) is 12.1 Å². The summed E-state index contributed by atoms with van der Waals surface area (Å²) in [5.74, 6) is -1.23. The number of benzene rings is 1. The van der Waals surface area contributed by atoms with Gasteiger partial charge in [-0.1, -0.05) is 59.7 Å². The third-order valence-corrected chi connectivity index (χ3v) is 3.64. The zero-order chi connectivity index (χ0) is 15.9. The highest BCUT2D eigenvalue weighted by atomic mass is 16.4. The summed E-state index contributed by atoms with van der Waals surface area (Å²) >= 11 is 0. The highest BCUT2D eigenvalue weighted by molar-refractivity contribution is 5.78. The van der Waals surface area contributed by atoms with Crippen LogP contribution >= 0.6 is 0 Å². The van der Waals surface area contributed by atoms with Gasteiger partial charge in [0.25, 0.3) is 0 Å². The molecule has 1 aromatic rings. The molecule has 0 amide bonds. The molecule has 0 aromatic heterocycles. The van der Waals surface area contributed by atoms with E-state index < -0.39 is 11.6 Å². The average molecular weight is 278 g/mol. The van der Waals surface area contributed by atoms with Crippen LogP contribution in [0, 0.1) is 0 Å². The third-order valence-electron chi connectivity index (χ3n) is 3.64. The summed E-state index contributed by atoms with van der Waals surface area (Å²) in [6.45, 7) is 13.8. The first-order valence-electron chi connectivity index (χ1n) is 6.88. The van der Waals surface area contributed by atoms with E-state index in [0.717, 1.165) is 11.1 Å². The lowest BCUT2D eigenvalue weighted by Gasteiger charge is -2.29. The van der Waals surface area contributed by atoms with Crippen molar-refractivity contribution in [2.45, 2.75) is 64.9 Å². The molecule has 1 unspecified atom stereocenters. The minimum atomic E-state index is -1.87. The Morgan fingerprint density at radius 1 is 0.800 bits per heavy atom. The molecule has 0 fully saturated rings. The van der Waals surface area contributed by atoms with Crippen LogP contribution in [0.1, 0.15) is 65.2 Å². The number of aliphatic carboxylic acids is 1. The summed E-state index contributed by atoms with van der Waals surface area (Å²) in [7, 11) is 0. The summed E-state index contributed by atoms with van der Waals surface area (Å²) < 4.78 is 0. The topological polar surface area (TPSA) is 57.5 Å². The van der Waals surface area contributed by atoms with Gasteiger partial charge in [0.1, 0.15) is 0 Å². The van der Waals surface area contributed by atoms with Crippen LogP contribution in [0.5, 0.6) is 0 Å². The minimum Gasteiger partial charge on any atom is -0.479 e. The van der Waals surface area contributed by atoms with E-state index in [9.17, 15) is 15.0 Å². The molecule has 1 rings (SSSR count). The van der Waals surface area contributed by atoms with Gasteiger partial charge in [-0.3, -0.25) is 0 Å². The van der Waals surface area contributed by atoms with Crippen LogP contribution in [0.25, 0.3) is 0 Å². The zero-order valence-electron chi connectivity index (χ0n) is 13.5. The molecule has 0 spiro atoms. The number of carboxylic acid groups (broad SMARTS) is 1. The first kappa shape index (κ1) is 16.7. The number of rotatable bonds is 2. The molecular weight excluding hydrogens is 252 g/mol. The van der Waals surface area contributed by atoms with Crippen molar-refractivity contribution in [3.05, 3.63) is 34.9 Å². The lowest BCUT2D eigenvalue weighted by atomic mass is 9.77. The number of hydrogen-bond donors (Lipinski definition) is 2. The lowest BCUT2D eigenvalue weighted by Crippen LogP contribution is -2.33. The summed E-state index contributed by atoms with van der Waals surface area (Å²) in [5.41, 5.74) is 0.404. The fourth-order valence-corrected chi connectivity index (χ4v) is 1.90. The molecule has 0 aliphatic carbocycles. The molecule has 3 nitrogen and oxygen atoms in total. The molecule has 0 aliphatic heterocycles. The predicted molar refractivity (Wildman–Crippen MR) is 81.0 cm³/mol. The Kier molecular flexibility index (Phi) is 4.08. The van der Waals surface area contributed by atoms with Gasteiger partial charge in [0.05, 0.1) is 0 Å². The van der Waals surface area contributed by atoms with Crippen LogP contribution in [0.4, 0.5) is 0 Å². The van der Waals surface area contributed by atoms with E-state index in [1.807, 2.05) is 0 Å². The van der Waals surface area contributed by atoms with Crippen LogP contribution in [-0.4, -0.2) is 16.2 Å². The van der Waals surface area contributed by atoms with Crippen molar-refractivity contribution in [3.63, 3.8) is 0 Å². The fraction of sp³-hybridized carbons (Fsp3) is 0.588. The summed E-state index contributed by atoms with van der Waals surface area (Å²) in [5, 5.41) is 19.5. The summed E-state index contributed by atoms with van der Waals surface area (Å²) in [6, 6.07) is 5.69. The Morgan fingerprint density at radius 3 is 1.35 bits per heavy atom. The molecule has 20 heavy (non-hydrogen) atoms.